The summed E-state index contributed by atoms with van der Waals surface area (Å²) in [6.07, 6.45) is 6.18. The molecule has 0 aliphatic carbocycles. The number of aryl methyl sites for hydroxylation is 1. The molecule has 1 aromatic carbocycles. The summed E-state index contributed by atoms with van der Waals surface area (Å²) in [6, 6.07) is 10.4. The lowest BCUT2D eigenvalue weighted by Crippen LogP contribution is -2.52. The van der Waals surface area contributed by atoms with Gasteiger partial charge in [-0.3, -0.25) is 4.90 Å². The maximum Gasteiger partial charge on any atom is 0.317 e. The van der Waals surface area contributed by atoms with Crippen LogP contribution in [-0.4, -0.2) is 64.7 Å². The number of carbonyl (C=O) groups excluding carboxylic acids is 1. The van der Waals surface area contributed by atoms with Crippen LogP contribution in [0.3, 0.4) is 0 Å². The van der Waals surface area contributed by atoms with Crippen molar-refractivity contribution in [2.45, 2.75) is 20.4 Å². The largest absolute Gasteiger partial charge is 0.336 e. The topological polar surface area (TPSA) is 53.4 Å². The molecule has 6 heteroatoms. The molecule has 3 rings (SSSR count). The molecule has 144 valence electrons. The number of nitrogens with zero attached hydrogens (tertiary/aromatic N) is 4. The number of rotatable bonds is 6. The lowest BCUT2D eigenvalue weighted by atomic mass is 10.2. The van der Waals surface area contributed by atoms with Gasteiger partial charge in [-0.15, -0.1) is 0 Å². The Bertz CT molecular complexity index is 760. The summed E-state index contributed by atoms with van der Waals surface area (Å²) >= 11 is 0. The van der Waals surface area contributed by atoms with Crippen LogP contribution in [-0.2, 0) is 6.54 Å². The Labute approximate surface area is 161 Å². The van der Waals surface area contributed by atoms with Crippen LogP contribution in [0.15, 0.2) is 42.7 Å². The smallest absolute Gasteiger partial charge is 0.317 e. The molecule has 0 saturated carbocycles. The van der Waals surface area contributed by atoms with Gasteiger partial charge in [0, 0.05) is 51.5 Å². The molecule has 1 N–H and O–H groups in total. The molecule has 2 heterocycles. The van der Waals surface area contributed by atoms with Crippen molar-refractivity contribution >= 4 is 12.1 Å². The fourth-order valence-electron chi connectivity index (χ4n) is 3.20. The number of amides is 2. The van der Waals surface area contributed by atoms with Gasteiger partial charge >= 0.3 is 6.03 Å². The number of imidazole rings is 1. The van der Waals surface area contributed by atoms with Crippen LogP contribution >= 0.6 is 0 Å². The maximum atomic E-state index is 12.3. The van der Waals surface area contributed by atoms with Crippen molar-refractivity contribution < 1.29 is 4.79 Å². The van der Waals surface area contributed by atoms with Crippen molar-refractivity contribution in [1.82, 2.24) is 24.7 Å². The Morgan fingerprint density at radius 3 is 2.56 bits per heavy atom. The Morgan fingerprint density at radius 2 is 1.89 bits per heavy atom. The van der Waals surface area contributed by atoms with E-state index in [-0.39, 0.29) is 6.03 Å². The molecule has 27 heavy (non-hydrogen) atoms. The summed E-state index contributed by atoms with van der Waals surface area (Å²) in [5, 5.41) is 3.02. The number of benzene rings is 1. The van der Waals surface area contributed by atoms with E-state index < -0.39 is 0 Å². The molecule has 1 fully saturated rings. The van der Waals surface area contributed by atoms with Gasteiger partial charge in [0.25, 0.3) is 0 Å². The van der Waals surface area contributed by atoms with Crippen LogP contribution in [0.1, 0.15) is 17.0 Å². The van der Waals surface area contributed by atoms with Crippen molar-refractivity contribution in [2.24, 2.45) is 0 Å². The quantitative estimate of drug-likeness (QED) is 0.854. The number of hydrogen-bond acceptors (Lipinski definition) is 3. The van der Waals surface area contributed by atoms with Gasteiger partial charge in [0.05, 0.1) is 12.0 Å². The monoisotopic (exact) mass is 367 g/mol. The normalized spacial score (nSPS) is 15.4. The van der Waals surface area contributed by atoms with Gasteiger partial charge in [-0.05, 0) is 19.4 Å². The zero-order valence-corrected chi connectivity index (χ0v) is 16.3. The SMILES string of the molecule is Cc1ncn(CCNC(=O)N2CCN(CC=Cc3ccccc3)CC2)c1C. The van der Waals surface area contributed by atoms with E-state index in [4.69, 9.17) is 0 Å². The molecule has 1 aliphatic rings. The first-order valence-corrected chi connectivity index (χ1v) is 9.58. The molecule has 1 saturated heterocycles. The lowest BCUT2D eigenvalue weighted by molar-refractivity contribution is 0.146. The lowest BCUT2D eigenvalue weighted by Gasteiger charge is -2.34. The molecule has 0 bridgehead atoms. The average Bonchev–Trinajstić information content (AvgIpc) is 3.01. The van der Waals surface area contributed by atoms with Gasteiger partial charge in [0.2, 0.25) is 0 Å². The molecule has 0 unspecified atom stereocenters. The predicted octanol–water partition coefficient (Wildman–Crippen LogP) is 2.54. The first-order valence-electron chi connectivity index (χ1n) is 9.58. The maximum absolute atomic E-state index is 12.3. The van der Waals surface area contributed by atoms with Crippen LogP contribution < -0.4 is 5.32 Å². The Morgan fingerprint density at radius 1 is 1.15 bits per heavy atom. The summed E-state index contributed by atoms with van der Waals surface area (Å²) in [7, 11) is 0. The zero-order valence-electron chi connectivity index (χ0n) is 16.3. The minimum atomic E-state index is 0.0315. The first-order chi connectivity index (χ1) is 13.1. The van der Waals surface area contributed by atoms with E-state index in [2.05, 4.69) is 51.0 Å². The molecule has 2 amide bonds. The van der Waals surface area contributed by atoms with Gasteiger partial charge in [-0.2, -0.15) is 0 Å². The molecular weight excluding hydrogens is 338 g/mol. The molecule has 1 aromatic heterocycles. The van der Waals surface area contributed by atoms with E-state index in [0.29, 0.717) is 6.54 Å². The minimum Gasteiger partial charge on any atom is -0.336 e. The number of piperazine rings is 1. The second-order valence-corrected chi connectivity index (χ2v) is 6.94. The van der Waals surface area contributed by atoms with Gasteiger partial charge in [-0.25, -0.2) is 9.78 Å². The Kier molecular flexibility index (Phi) is 6.65. The number of hydrogen-bond donors (Lipinski definition) is 1. The Hall–Kier alpha value is -2.60. The van der Waals surface area contributed by atoms with Gasteiger partial charge in [-0.1, -0.05) is 42.5 Å². The number of carbonyl (C=O) groups is 1. The third kappa shape index (κ3) is 5.44. The van der Waals surface area contributed by atoms with E-state index in [1.807, 2.05) is 36.4 Å². The van der Waals surface area contributed by atoms with Crippen LogP contribution in [0.5, 0.6) is 0 Å². The molecule has 0 radical (unpaired) electrons. The Balaban J connectivity index is 1.35. The highest BCUT2D eigenvalue weighted by atomic mass is 16.2. The second-order valence-electron chi connectivity index (χ2n) is 6.94. The first kappa shape index (κ1) is 19.2. The van der Waals surface area contributed by atoms with Crippen LogP contribution in [0.25, 0.3) is 6.08 Å². The predicted molar refractivity (Wildman–Crippen MR) is 109 cm³/mol. The van der Waals surface area contributed by atoms with Crippen molar-refractivity contribution in [1.29, 1.82) is 0 Å². The van der Waals surface area contributed by atoms with Crippen molar-refractivity contribution in [2.75, 3.05) is 39.3 Å². The summed E-state index contributed by atoms with van der Waals surface area (Å²) in [5.74, 6) is 0. The summed E-state index contributed by atoms with van der Waals surface area (Å²) in [5.41, 5.74) is 3.42. The number of nitrogens with one attached hydrogen (secondary N) is 1. The number of aromatic nitrogens is 2. The summed E-state index contributed by atoms with van der Waals surface area (Å²) in [4.78, 5) is 20.9. The van der Waals surface area contributed by atoms with Gasteiger partial charge in [0.15, 0.2) is 0 Å². The fraction of sp³-hybridized carbons (Fsp3) is 0.429. The van der Waals surface area contributed by atoms with Crippen LogP contribution in [0.4, 0.5) is 4.79 Å². The molecule has 0 atom stereocenters. The highest BCUT2D eigenvalue weighted by Gasteiger charge is 2.19. The van der Waals surface area contributed by atoms with E-state index >= 15 is 0 Å². The molecule has 0 spiro atoms. The third-order valence-corrected chi connectivity index (χ3v) is 5.11. The number of urea groups is 1. The second kappa shape index (κ2) is 9.37. The summed E-state index contributed by atoms with van der Waals surface area (Å²) in [6.45, 7) is 9.71. The average molecular weight is 367 g/mol. The van der Waals surface area contributed by atoms with E-state index in [0.717, 1.165) is 50.7 Å². The molecular formula is C21H29N5O. The van der Waals surface area contributed by atoms with Gasteiger partial charge < -0.3 is 14.8 Å². The van der Waals surface area contributed by atoms with Crippen molar-refractivity contribution in [3.05, 3.63) is 59.7 Å². The standard InChI is InChI=1S/C21H29N5O/c1-18-19(2)26(17-23-18)12-10-22-21(27)25-15-13-24(14-16-25)11-6-9-20-7-4-3-5-8-20/h3-9,17H,10-16H2,1-2H3,(H,22,27). The molecule has 1 aliphatic heterocycles. The van der Waals surface area contributed by atoms with Crippen LogP contribution in [0.2, 0.25) is 0 Å². The van der Waals surface area contributed by atoms with Crippen molar-refractivity contribution in [3.63, 3.8) is 0 Å². The van der Waals surface area contributed by atoms with Gasteiger partial charge in [0.1, 0.15) is 0 Å². The van der Waals surface area contributed by atoms with Crippen molar-refractivity contribution in [3.8, 4) is 0 Å². The molecule has 2 aromatic rings. The van der Waals surface area contributed by atoms with E-state index in [1.165, 1.54) is 5.56 Å². The fourth-order valence-corrected chi connectivity index (χ4v) is 3.20. The minimum absolute atomic E-state index is 0.0315. The highest BCUT2D eigenvalue weighted by molar-refractivity contribution is 5.74. The molecule has 6 nitrogen and oxygen atoms in total. The third-order valence-electron chi connectivity index (χ3n) is 5.11. The zero-order chi connectivity index (χ0) is 19.1. The summed E-state index contributed by atoms with van der Waals surface area (Å²) < 4.78 is 2.08. The highest BCUT2D eigenvalue weighted by Crippen LogP contribution is 2.06. The van der Waals surface area contributed by atoms with E-state index in [1.54, 1.807) is 0 Å². The van der Waals surface area contributed by atoms with E-state index in [9.17, 15) is 4.79 Å². The van der Waals surface area contributed by atoms with Crippen LogP contribution in [0, 0.1) is 13.8 Å².